The van der Waals surface area contributed by atoms with E-state index in [1.54, 1.807) is 12.1 Å². The second-order valence-corrected chi connectivity index (χ2v) is 3.62. The minimum atomic E-state index is -0.365. The van der Waals surface area contributed by atoms with Crippen molar-refractivity contribution >= 4 is 15.9 Å². The quantitative estimate of drug-likeness (QED) is 0.494. The fourth-order valence-corrected chi connectivity index (χ4v) is 1.82. The van der Waals surface area contributed by atoms with E-state index >= 15 is 0 Å². The van der Waals surface area contributed by atoms with Gasteiger partial charge in [0.05, 0.1) is 6.04 Å². The van der Waals surface area contributed by atoms with Crippen LogP contribution in [0.3, 0.4) is 0 Å². The van der Waals surface area contributed by atoms with E-state index in [4.69, 9.17) is 12.3 Å². The summed E-state index contributed by atoms with van der Waals surface area (Å²) >= 11 is 3.25. The number of hydrogen-bond acceptors (Lipinski definition) is 2. The molecule has 1 atom stereocenters. The van der Waals surface area contributed by atoms with Crippen molar-refractivity contribution in [1.29, 1.82) is 0 Å². The van der Waals surface area contributed by atoms with Crippen LogP contribution in [0.15, 0.2) is 22.7 Å². The van der Waals surface area contributed by atoms with Gasteiger partial charge >= 0.3 is 0 Å². The van der Waals surface area contributed by atoms with Gasteiger partial charge in [0.1, 0.15) is 5.82 Å². The van der Waals surface area contributed by atoms with Gasteiger partial charge in [-0.05, 0) is 12.1 Å². The normalized spacial score (nSPS) is 12.1. The van der Waals surface area contributed by atoms with E-state index in [0.717, 1.165) is 0 Å². The van der Waals surface area contributed by atoms with Gasteiger partial charge in [-0.25, -0.2) is 4.39 Å². The summed E-state index contributed by atoms with van der Waals surface area (Å²) in [7, 11) is 0. The molecule has 0 spiro atoms. The Kier molecular flexibility index (Phi) is 4.08. The highest BCUT2D eigenvalue weighted by atomic mass is 79.9. The zero-order valence-corrected chi connectivity index (χ0v) is 9.01. The van der Waals surface area contributed by atoms with Crippen LogP contribution in [0.25, 0.3) is 0 Å². The smallest absolute Gasteiger partial charge is 0.129 e. The van der Waals surface area contributed by atoms with Crippen LogP contribution < -0.4 is 11.3 Å². The van der Waals surface area contributed by atoms with Crippen LogP contribution in [-0.2, 0) is 0 Å². The van der Waals surface area contributed by atoms with Crippen molar-refractivity contribution in [3.05, 3.63) is 34.1 Å². The highest BCUT2D eigenvalue weighted by Crippen LogP contribution is 2.27. The molecule has 1 aromatic rings. The molecule has 4 heteroatoms. The third-order valence-corrected chi connectivity index (χ3v) is 2.56. The number of nitrogens with two attached hydrogens (primary N) is 1. The molecule has 0 radical (unpaired) electrons. The summed E-state index contributed by atoms with van der Waals surface area (Å²) in [6.45, 7) is 0. The van der Waals surface area contributed by atoms with Gasteiger partial charge in [0, 0.05) is 16.5 Å². The Balaban J connectivity index is 3.09. The minimum absolute atomic E-state index is 0.322. The number of terminal acetylenes is 1. The lowest BCUT2D eigenvalue weighted by Gasteiger charge is -2.15. The third-order valence-electron chi connectivity index (χ3n) is 1.87. The zero-order valence-electron chi connectivity index (χ0n) is 7.43. The molecule has 0 saturated carbocycles. The van der Waals surface area contributed by atoms with Gasteiger partial charge in [-0.15, -0.1) is 12.3 Å². The van der Waals surface area contributed by atoms with Gasteiger partial charge in [-0.1, -0.05) is 22.0 Å². The van der Waals surface area contributed by atoms with Crippen LogP contribution in [0, 0.1) is 18.2 Å². The molecule has 1 unspecified atom stereocenters. The van der Waals surface area contributed by atoms with Gasteiger partial charge in [-0.3, -0.25) is 11.3 Å². The van der Waals surface area contributed by atoms with Crippen LogP contribution in [0.4, 0.5) is 4.39 Å². The van der Waals surface area contributed by atoms with Crippen LogP contribution in [-0.4, -0.2) is 0 Å². The van der Waals surface area contributed by atoms with E-state index < -0.39 is 0 Å². The Labute approximate surface area is 90.8 Å². The molecule has 2 nitrogen and oxygen atoms in total. The van der Waals surface area contributed by atoms with Gasteiger partial charge in [-0.2, -0.15) is 0 Å². The molecule has 0 aliphatic rings. The second-order valence-electron chi connectivity index (χ2n) is 2.76. The molecule has 0 aromatic heterocycles. The van der Waals surface area contributed by atoms with Crippen molar-refractivity contribution in [2.45, 2.75) is 12.5 Å². The molecule has 0 heterocycles. The summed E-state index contributed by atoms with van der Waals surface area (Å²) in [5.41, 5.74) is 2.95. The first-order chi connectivity index (χ1) is 6.70. The Morgan fingerprint density at radius 1 is 1.64 bits per heavy atom. The van der Waals surface area contributed by atoms with E-state index in [0.29, 0.717) is 16.5 Å². The predicted molar refractivity (Wildman–Crippen MR) is 57.6 cm³/mol. The number of hydrazine groups is 1. The number of nitrogens with one attached hydrogen (secondary N) is 1. The molecular formula is C10H10BrFN2. The monoisotopic (exact) mass is 256 g/mol. The highest BCUT2D eigenvalue weighted by molar-refractivity contribution is 9.10. The molecule has 0 fully saturated rings. The summed E-state index contributed by atoms with van der Waals surface area (Å²) in [5.74, 6) is 7.42. The topological polar surface area (TPSA) is 38.0 Å². The fourth-order valence-electron chi connectivity index (χ4n) is 1.21. The maximum Gasteiger partial charge on any atom is 0.129 e. The molecule has 3 N–H and O–H groups in total. The summed E-state index contributed by atoms with van der Waals surface area (Å²) < 4.78 is 14.1. The molecule has 14 heavy (non-hydrogen) atoms. The predicted octanol–water partition coefficient (Wildman–Crippen LogP) is 2.12. The van der Waals surface area contributed by atoms with Gasteiger partial charge < -0.3 is 0 Å². The standard InChI is InChI=1S/C10H10BrFN2/c1-2-4-9(14-13)10-7(11)5-3-6-8(10)12/h1,3,5-6,9,14H,4,13H2. The van der Waals surface area contributed by atoms with E-state index in [9.17, 15) is 4.39 Å². The molecule has 74 valence electrons. The molecule has 0 aliphatic heterocycles. The summed E-state index contributed by atoms with van der Waals surface area (Å²) in [5, 5.41) is 0. The van der Waals surface area contributed by atoms with Gasteiger partial charge in [0.15, 0.2) is 0 Å². The lowest BCUT2D eigenvalue weighted by Crippen LogP contribution is -2.28. The molecule has 0 amide bonds. The fraction of sp³-hybridized carbons (Fsp3) is 0.200. The maximum atomic E-state index is 13.4. The van der Waals surface area contributed by atoms with E-state index in [2.05, 4.69) is 27.3 Å². The lowest BCUT2D eigenvalue weighted by atomic mass is 10.0. The molecule has 0 bridgehead atoms. The van der Waals surface area contributed by atoms with Crippen LogP contribution in [0.5, 0.6) is 0 Å². The van der Waals surface area contributed by atoms with Crippen molar-refractivity contribution in [3.63, 3.8) is 0 Å². The summed E-state index contributed by atoms with van der Waals surface area (Å²) in [6.07, 6.45) is 5.50. The summed E-state index contributed by atoms with van der Waals surface area (Å²) in [4.78, 5) is 0. The molecular weight excluding hydrogens is 247 g/mol. The second kappa shape index (κ2) is 5.11. The Morgan fingerprint density at radius 2 is 2.36 bits per heavy atom. The number of benzene rings is 1. The molecule has 1 rings (SSSR count). The summed E-state index contributed by atoms with van der Waals surface area (Å²) in [6, 6.07) is 4.38. The van der Waals surface area contributed by atoms with Crippen molar-refractivity contribution < 1.29 is 4.39 Å². The van der Waals surface area contributed by atoms with Crippen molar-refractivity contribution in [2.75, 3.05) is 0 Å². The Bertz CT molecular complexity index is 339. The SMILES string of the molecule is C#CCC(NN)c1c(F)cccc1Br. The maximum absolute atomic E-state index is 13.4. The first-order valence-corrected chi connectivity index (χ1v) is 4.83. The first-order valence-electron chi connectivity index (χ1n) is 4.04. The largest absolute Gasteiger partial charge is 0.271 e. The van der Waals surface area contributed by atoms with Crippen molar-refractivity contribution in [1.82, 2.24) is 5.43 Å². The highest BCUT2D eigenvalue weighted by Gasteiger charge is 2.16. The Hall–Kier alpha value is -0.890. The van der Waals surface area contributed by atoms with E-state index in [1.165, 1.54) is 6.07 Å². The van der Waals surface area contributed by atoms with Crippen molar-refractivity contribution in [3.8, 4) is 12.3 Å². The number of rotatable bonds is 3. The minimum Gasteiger partial charge on any atom is -0.271 e. The lowest BCUT2D eigenvalue weighted by molar-refractivity contribution is 0.519. The molecule has 0 aliphatic carbocycles. The van der Waals surface area contributed by atoms with Crippen LogP contribution in [0.2, 0.25) is 0 Å². The average molecular weight is 257 g/mol. The van der Waals surface area contributed by atoms with E-state index in [-0.39, 0.29) is 11.9 Å². The van der Waals surface area contributed by atoms with Crippen molar-refractivity contribution in [2.24, 2.45) is 5.84 Å². The van der Waals surface area contributed by atoms with Gasteiger partial charge in [0.25, 0.3) is 0 Å². The molecule has 0 saturated heterocycles. The van der Waals surface area contributed by atoms with E-state index in [1.807, 2.05) is 0 Å². The Morgan fingerprint density at radius 3 is 2.86 bits per heavy atom. The van der Waals surface area contributed by atoms with Crippen LogP contribution >= 0.6 is 15.9 Å². The number of hydrogen-bond donors (Lipinski definition) is 2. The molecule has 1 aromatic carbocycles. The first kappa shape index (κ1) is 11.2. The zero-order chi connectivity index (χ0) is 10.6. The third kappa shape index (κ3) is 2.32. The number of halogens is 2. The van der Waals surface area contributed by atoms with Gasteiger partial charge in [0.2, 0.25) is 0 Å². The average Bonchev–Trinajstić information content (AvgIpc) is 2.16. The van der Waals surface area contributed by atoms with Crippen LogP contribution in [0.1, 0.15) is 18.0 Å².